The van der Waals surface area contributed by atoms with Crippen LogP contribution in [-0.4, -0.2) is 6.16 Å². The average Bonchev–Trinajstić information content (AvgIpc) is 2.40. The first-order chi connectivity index (χ1) is 7.77. The summed E-state index contributed by atoms with van der Waals surface area (Å²) in [5.41, 5.74) is 0. The van der Waals surface area contributed by atoms with Crippen molar-refractivity contribution in [2.75, 3.05) is 6.16 Å². The zero-order chi connectivity index (χ0) is 11.4. The second-order valence-electron chi connectivity index (χ2n) is 3.70. The number of benzene rings is 2. The Balaban J connectivity index is 2.49. The molecule has 0 aliphatic rings. The number of hydrogen-bond donors (Lipinski definition) is 0. The number of hydrogen-bond acceptors (Lipinski definition) is 0. The van der Waals surface area contributed by atoms with Crippen LogP contribution in [-0.2, 0) is 0 Å². The third-order valence-electron chi connectivity index (χ3n) is 2.77. The van der Waals surface area contributed by atoms with E-state index in [9.17, 15) is 0 Å². The van der Waals surface area contributed by atoms with E-state index in [-0.39, 0.29) is 0 Å². The molecule has 16 heavy (non-hydrogen) atoms. The molecule has 0 saturated heterocycles. The van der Waals surface area contributed by atoms with Crippen molar-refractivity contribution in [1.82, 2.24) is 0 Å². The van der Waals surface area contributed by atoms with Crippen molar-refractivity contribution in [1.29, 1.82) is 0 Å². The van der Waals surface area contributed by atoms with Gasteiger partial charge in [0, 0.05) is 0 Å². The predicted octanol–water partition coefficient (Wildman–Crippen LogP) is 3.98. The van der Waals surface area contributed by atoms with E-state index in [1.54, 1.807) is 0 Å². The van der Waals surface area contributed by atoms with Gasteiger partial charge < -0.3 is 0 Å². The van der Waals surface area contributed by atoms with Gasteiger partial charge in [-0.3, -0.25) is 0 Å². The summed E-state index contributed by atoms with van der Waals surface area (Å²) >= 11 is 4.01. The fourth-order valence-corrected chi connectivity index (χ4v) is 5.58. The zero-order valence-corrected chi connectivity index (χ0v) is 11.8. The Hall–Kier alpha value is -0.650. The van der Waals surface area contributed by atoms with Gasteiger partial charge in [-0.2, -0.15) is 0 Å². The minimum atomic E-state index is -1.34. The van der Waals surface area contributed by atoms with Gasteiger partial charge in [0.05, 0.1) is 0 Å². The molecular weight excluding hydrogens is 279 g/mol. The number of halogens is 1. The fraction of sp³-hybridized carbons (Fsp3) is 0.143. The molecule has 0 fully saturated rings. The highest BCUT2D eigenvalue weighted by Crippen LogP contribution is 2.63. The summed E-state index contributed by atoms with van der Waals surface area (Å²) in [5, 5.41) is 2.84. The van der Waals surface area contributed by atoms with Crippen LogP contribution in [0.5, 0.6) is 0 Å². The fourth-order valence-electron chi connectivity index (χ4n) is 1.84. The van der Waals surface area contributed by atoms with Crippen LogP contribution >= 0.6 is 21.5 Å². The Bertz CT molecular complexity index is 399. The van der Waals surface area contributed by atoms with E-state index in [1.165, 1.54) is 10.6 Å². The lowest BCUT2D eigenvalue weighted by Gasteiger charge is -2.29. The van der Waals surface area contributed by atoms with Crippen molar-refractivity contribution in [2.24, 2.45) is 0 Å². The highest BCUT2D eigenvalue weighted by Gasteiger charge is 2.25. The molecule has 2 aromatic rings. The smallest absolute Gasteiger partial charge is 0.00899 e. The molecule has 0 bridgehead atoms. The molecule has 0 heterocycles. The van der Waals surface area contributed by atoms with Gasteiger partial charge in [-0.05, 0) is 22.7 Å². The first-order valence-electron chi connectivity index (χ1n) is 5.46. The molecule has 0 atom stereocenters. The third-order valence-corrected chi connectivity index (χ3v) is 9.83. The lowest BCUT2D eigenvalue weighted by Crippen LogP contribution is -2.18. The van der Waals surface area contributed by atoms with Gasteiger partial charge in [0.25, 0.3) is 0 Å². The molecule has 2 rings (SSSR count). The summed E-state index contributed by atoms with van der Waals surface area (Å²) in [4.78, 5) is 0. The van der Waals surface area contributed by atoms with Gasteiger partial charge in [-0.15, -0.1) is 0 Å². The van der Waals surface area contributed by atoms with Crippen LogP contribution in [0, 0.1) is 0 Å². The molecule has 2 heteroatoms. The standard InChI is InChI=1S/C14H15BrP/c1-2-16(15,13-9-5-3-6-10-13)14-11-7-4-8-12-14/h3-12H,2H2,1H3. The number of rotatable bonds is 3. The Morgan fingerprint density at radius 2 is 1.19 bits per heavy atom. The Kier molecular flexibility index (Phi) is 3.78. The maximum atomic E-state index is 4.01. The van der Waals surface area contributed by atoms with E-state index in [0.717, 1.165) is 6.16 Å². The Morgan fingerprint density at radius 1 is 0.812 bits per heavy atom. The molecule has 0 spiro atoms. The summed E-state index contributed by atoms with van der Waals surface area (Å²) in [5.74, 6) is -1.34. The van der Waals surface area contributed by atoms with Gasteiger partial charge in [-0.25, -0.2) is 0 Å². The molecule has 0 unspecified atom stereocenters. The van der Waals surface area contributed by atoms with E-state index < -0.39 is 5.96 Å². The van der Waals surface area contributed by atoms with E-state index in [0.29, 0.717) is 0 Å². The SMILES string of the molecule is CC[P](Br)(c1ccccc1)c1ccccc1. The Morgan fingerprint density at radius 3 is 1.50 bits per heavy atom. The minimum Gasteiger partial charge on any atom is -0.0622 e. The molecule has 0 N–H and O–H groups in total. The van der Waals surface area contributed by atoms with Crippen LogP contribution in [0.3, 0.4) is 0 Å². The van der Waals surface area contributed by atoms with E-state index in [1.807, 2.05) is 0 Å². The average molecular weight is 294 g/mol. The van der Waals surface area contributed by atoms with Crippen LogP contribution in [0.1, 0.15) is 6.92 Å². The normalized spacial score (nSPS) is 11.4. The summed E-state index contributed by atoms with van der Waals surface area (Å²) < 4.78 is 0. The first kappa shape index (κ1) is 11.8. The van der Waals surface area contributed by atoms with Crippen molar-refractivity contribution in [3.05, 3.63) is 60.7 Å². The van der Waals surface area contributed by atoms with Crippen molar-refractivity contribution in [2.45, 2.75) is 6.92 Å². The Labute approximate surface area is 106 Å². The first-order valence-corrected chi connectivity index (χ1v) is 9.45. The van der Waals surface area contributed by atoms with Crippen LogP contribution < -0.4 is 10.6 Å². The molecule has 0 aliphatic carbocycles. The van der Waals surface area contributed by atoms with Crippen LogP contribution in [0.4, 0.5) is 0 Å². The largest absolute Gasteiger partial charge is 0.0622 e. The van der Waals surface area contributed by atoms with Crippen molar-refractivity contribution >= 4 is 32.1 Å². The maximum absolute atomic E-state index is 4.01. The van der Waals surface area contributed by atoms with Gasteiger partial charge in [0.15, 0.2) is 0 Å². The van der Waals surface area contributed by atoms with Crippen molar-refractivity contribution in [3.8, 4) is 0 Å². The van der Waals surface area contributed by atoms with Crippen LogP contribution in [0.25, 0.3) is 0 Å². The highest BCUT2D eigenvalue weighted by atomic mass is 79.9. The van der Waals surface area contributed by atoms with Crippen molar-refractivity contribution in [3.63, 3.8) is 0 Å². The summed E-state index contributed by atoms with van der Waals surface area (Å²) in [6, 6.07) is 21.5. The van der Waals surface area contributed by atoms with E-state index >= 15 is 0 Å². The molecule has 1 radical (unpaired) electrons. The highest BCUT2D eigenvalue weighted by molar-refractivity contribution is 9.43. The molecule has 0 amide bonds. The van der Waals surface area contributed by atoms with E-state index in [4.69, 9.17) is 0 Å². The third kappa shape index (κ3) is 2.21. The molecule has 0 saturated carbocycles. The molecule has 0 aromatic heterocycles. The van der Waals surface area contributed by atoms with Gasteiger partial charge in [-0.1, -0.05) is 83.1 Å². The molecular formula is C14H15BrP. The molecule has 2 aromatic carbocycles. The van der Waals surface area contributed by atoms with Crippen LogP contribution in [0.2, 0.25) is 0 Å². The summed E-state index contributed by atoms with van der Waals surface area (Å²) in [6.45, 7) is 2.25. The van der Waals surface area contributed by atoms with Gasteiger partial charge >= 0.3 is 0 Å². The topological polar surface area (TPSA) is 0 Å². The molecule has 0 aliphatic heterocycles. The zero-order valence-electron chi connectivity index (χ0n) is 9.31. The van der Waals surface area contributed by atoms with Crippen molar-refractivity contribution < 1.29 is 0 Å². The second-order valence-corrected chi connectivity index (χ2v) is 10.4. The molecule has 83 valence electrons. The monoisotopic (exact) mass is 293 g/mol. The maximum Gasteiger partial charge on any atom is -0.00899 e. The second kappa shape index (κ2) is 5.12. The summed E-state index contributed by atoms with van der Waals surface area (Å²) in [6.07, 6.45) is 1.14. The predicted molar refractivity (Wildman–Crippen MR) is 78.5 cm³/mol. The van der Waals surface area contributed by atoms with E-state index in [2.05, 4.69) is 83.1 Å². The lowest BCUT2D eigenvalue weighted by atomic mass is 10.4. The molecule has 0 nitrogen and oxygen atoms in total. The van der Waals surface area contributed by atoms with Gasteiger partial charge in [0.1, 0.15) is 0 Å². The lowest BCUT2D eigenvalue weighted by molar-refractivity contribution is 1.50. The van der Waals surface area contributed by atoms with Gasteiger partial charge in [0.2, 0.25) is 0 Å². The summed E-state index contributed by atoms with van der Waals surface area (Å²) in [7, 11) is 0. The van der Waals surface area contributed by atoms with Crippen LogP contribution in [0.15, 0.2) is 60.7 Å². The minimum absolute atomic E-state index is 1.14. The quantitative estimate of drug-likeness (QED) is 0.751.